The molecule has 1 aromatic heterocycles. The van der Waals surface area contributed by atoms with E-state index in [4.69, 9.17) is 7.06 Å². The van der Waals surface area contributed by atoms with Crippen molar-refractivity contribution < 1.29 is 36.9 Å². The van der Waals surface area contributed by atoms with Crippen molar-refractivity contribution in [3.8, 4) is 11.5 Å². The minimum atomic E-state index is -1.92. The third-order valence-electron chi connectivity index (χ3n) is 2.32. The number of oxazole rings is 1. The van der Waals surface area contributed by atoms with Crippen molar-refractivity contribution in [2.45, 2.75) is 13.8 Å². The van der Waals surface area contributed by atoms with Crippen LogP contribution in [0.2, 0.25) is 0 Å². The van der Waals surface area contributed by atoms with E-state index in [1.807, 2.05) is 37.3 Å². The number of aryl methyl sites for hydroxylation is 1. The van der Waals surface area contributed by atoms with Crippen LogP contribution >= 0.6 is 0 Å². The van der Waals surface area contributed by atoms with Crippen LogP contribution in [0.15, 0.2) is 34.7 Å². The molecule has 5 heteroatoms. The van der Waals surface area contributed by atoms with Crippen molar-refractivity contribution in [1.29, 1.82) is 0 Å². The topological polar surface area (TPSA) is 52.3 Å². The number of aromatic nitrogens is 1. The Morgan fingerprint density at radius 3 is 2.71 bits per heavy atom. The Hall–Kier alpha value is -1.16. The summed E-state index contributed by atoms with van der Waals surface area (Å²) in [7, 11) is 0. The van der Waals surface area contributed by atoms with Gasteiger partial charge in [0.25, 0.3) is 0 Å². The van der Waals surface area contributed by atoms with Gasteiger partial charge in [-0.2, -0.15) is 0 Å². The fourth-order valence-corrected chi connectivity index (χ4v) is 4.61. The average molecular weight is 418 g/mol. The number of carbonyl (C=O) groups excluding carboxylic acids is 1. The number of carbonyl (C=O) groups is 1. The van der Waals surface area contributed by atoms with E-state index in [9.17, 15) is 4.79 Å². The van der Waals surface area contributed by atoms with Crippen LogP contribution in [0.25, 0.3) is 11.5 Å². The molecule has 1 aromatic carbocycles. The van der Waals surface area contributed by atoms with Crippen LogP contribution in [0.4, 0.5) is 0 Å². The molecule has 2 aromatic rings. The van der Waals surface area contributed by atoms with Gasteiger partial charge in [0.2, 0.25) is 0 Å². The molecule has 0 bridgehead atoms. The predicted octanol–water partition coefficient (Wildman–Crippen LogP) is 1.84. The monoisotopic (exact) mass is 419 g/mol. The van der Waals surface area contributed by atoms with Crippen molar-refractivity contribution in [1.82, 2.24) is 4.98 Å². The first-order chi connectivity index (χ1) is 8.16. The number of hydrogen-bond donors (Lipinski definition) is 0. The van der Waals surface area contributed by atoms with Crippen LogP contribution in [0.1, 0.15) is 12.6 Å². The van der Waals surface area contributed by atoms with Crippen molar-refractivity contribution >= 4 is 9.24 Å². The van der Waals surface area contributed by atoms with E-state index < -0.39 is 25.0 Å². The van der Waals surface area contributed by atoms with Crippen LogP contribution in [0, 0.1) is 6.92 Å². The molecule has 2 rings (SSSR count). The Bertz CT molecular complexity index is 522. The molecule has 0 N–H and O–H groups in total. The van der Waals surface area contributed by atoms with E-state index in [1.54, 1.807) is 0 Å². The van der Waals surface area contributed by atoms with E-state index in [2.05, 4.69) is 4.98 Å². The second kappa shape index (κ2) is 5.45. The minimum absolute atomic E-state index is 0.233. The summed E-state index contributed by atoms with van der Waals surface area (Å²) in [5.74, 6) is 0.369. The summed E-state index contributed by atoms with van der Waals surface area (Å²) in [5.41, 5.74) is 1.78. The molecule has 17 heavy (non-hydrogen) atoms. The normalized spacial score (nSPS) is 9.76. The molecule has 0 aliphatic carbocycles. The zero-order valence-electron chi connectivity index (χ0n) is 9.77. The Labute approximate surface area is 112 Å². The van der Waals surface area contributed by atoms with Crippen LogP contribution in [-0.4, -0.2) is 11.0 Å². The zero-order chi connectivity index (χ0) is 12.3. The van der Waals surface area contributed by atoms with E-state index in [-0.39, 0.29) is 5.97 Å². The number of benzene rings is 1. The van der Waals surface area contributed by atoms with E-state index in [1.165, 1.54) is 6.92 Å². The molecule has 0 aliphatic heterocycles. The molecular formula is C12H11HgNO3. The molecule has 0 spiro atoms. The van der Waals surface area contributed by atoms with Crippen molar-refractivity contribution in [3.05, 3.63) is 36.0 Å². The molecule has 0 aliphatic rings. The maximum atomic E-state index is 10.8. The van der Waals surface area contributed by atoms with Crippen LogP contribution < -0.4 is 3.27 Å². The van der Waals surface area contributed by atoms with Gasteiger partial charge in [0.05, 0.1) is 0 Å². The molecule has 0 fully saturated rings. The molecular weight excluding hydrogens is 407 g/mol. The van der Waals surface area contributed by atoms with Gasteiger partial charge in [0.1, 0.15) is 0 Å². The first-order valence-corrected chi connectivity index (χ1v) is 10.3. The molecule has 0 saturated heterocycles. The number of rotatable bonds is 3. The van der Waals surface area contributed by atoms with Gasteiger partial charge in [0, 0.05) is 0 Å². The fourth-order valence-electron chi connectivity index (χ4n) is 1.43. The SMILES string of the molecule is CC(=O)[O][Hg][c]1oc(-c2ccccc2)nc1C. The third-order valence-corrected chi connectivity index (χ3v) is 8.03. The predicted molar refractivity (Wildman–Crippen MR) is 58.1 cm³/mol. The first-order valence-electron chi connectivity index (χ1n) is 5.32. The summed E-state index contributed by atoms with van der Waals surface area (Å²) in [6, 6.07) is 9.70. The van der Waals surface area contributed by atoms with E-state index in [0.717, 1.165) is 14.5 Å². The van der Waals surface area contributed by atoms with Crippen LogP contribution in [0.3, 0.4) is 0 Å². The van der Waals surface area contributed by atoms with Gasteiger partial charge in [-0.1, -0.05) is 0 Å². The molecule has 0 amide bonds. The second-order valence-electron chi connectivity index (χ2n) is 3.67. The Kier molecular flexibility index (Phi) is 3.94. The Morgan fingerprint density at radius 1 is 1.35 bits per heavy atom. The Balaban J connectivity index is 2.22. The van der Waals surface area contributed by atoms with Gasteiger partial charge in [-0.15, -0.1) is 0 Å². The molecule has 84 valence electrons. The first kappa shape index (κ1) is 12.3. The summed E-state index contributed by atoms with van der Waals surface area (Å²) in [5, 5.41) is 0. The maximum absolute atomic E-state index is 10.8. The standard InChI is InChI=1S/C10H8NO.C2H4O2.Hg/c1-8-7-12-10(11-8)9-5-3-2-4-6-9;1-2(3)4;/h2-6H,1H3;1H3,(H,3,4);/q;;+1/p-1. The van der Waals surface area contributed by atoms with Crippen molar-refractivity contribution in [2.75, 3.05) is 0 Å². The van der Waals surface area contributed by atoms with Gasteiger partial charge >= 0.3 is 112 Å². The van der Waals surface area contributed by atoms with Crippen molar-refractivity contribution in [3.63, 3.8) is 0 Å². The van der Waals surface area contributed by atoms with Gasteiger partial charge in [-0.3, -0.25) is 0 Å². The van der Waals surface area contributed by atoms with Crippen LogP contribution in [0.5, 0.6) is 0 Å². The summed E-state index contributed by atoms with van der Waals surface area (Å²) >= 11 is -1.92. The second-order valence-corrected chi connectivity index (χ2v) is 8.41. The molecule has 0 unspecified atom stereocenters. The molecule has 4 nitrogen and oxygen atoms in total. The number of nitrogens with zero attached hydrogens (tertiary/aromatic N) is 1. The van der Waals surface area contributed by atoms with Crippen molar-refractivity contribution in [2.24, 2.45) is 0 Å². The zero-order valence-corrected chi connectivity index (χ0v) is 15.3. The average Bonchev–Trinajstić information content (AvgIpc) is 2.69. The Morgan fingerprint density at radius 2 is 2.06 bits per heavy atom. The molecule has 0 radical (unpaired) electrons. The van der Waals surface area contributed by atoms with Gasteiger partial charge in [-0.05, 0) is 0 Å². The van der Waals surface area contributed by atoms with Crippen LogP contribution in [-0.2, 0) is 32.5 Å². The van der Waals surface area contributed by atoms with E-state index >= 15 is 0 Å². The fraction of sp³-hybridized carbons (Fsp3) is 0.167. The third kappa shape index (κ3) is 3.15. The quantitative estimate of drug-likeness (QED) is 0.715. The van der Waals surface area contributed by atoms with E-state index in [0.29, 0.717) is 5.89 Å². The molecule has 0 saturated carbocycles. The molecule has 1 heterocycles. The van der Waals surface area contributed by atoms with Gasteiger partial charge < -0.3 is 0 Å². The molecule has 0 atom stereocenters. The number of hydrogen-bond acceptors (Lipinski definition) is 4. The van der Waals surface area contributed by atoms with Gasteiger partial charge in [0.15, 0.2) is 0 Å². The summed E-state index contributed by atoms with van der Waals surface area (Å²) in [6.07, 6.45) is 0. The summed E-state index contributed by atoms with van der Waals surface area (Å²) < 4.78 is 11.6. The summed E-state index contributed by atoms with van der Waals surface area (Å²) in [6.45, 7) is 3.30. The van der Waals surface area contributed by atoms with Gasteiger partial charge in [-0.25, -0.2) is 0 Å². The summed E-state index contributed by atoms with van der Waals surface area (Å²) in [4.78, 5) is 15.1.